The highest BCUT2D eigenvalue weighted by molar-refractivity contribution is 7.89. The standard InChI is InChI=1S/C22H30N2O5S/c1-16(14-28-5)24-30(26,27)20-11-9-18(10-12-20)23-21(25)15-29-19-8-6-7-17(13-19)22(2,3)4/h6-13,16,24H,14-15H2,1-5H3,(H,23,25)/t16-/m0/s1. The van der Waals surface area contributed by atoms with Crippen LogP contribution < -0.4 is 14.8 Å². The molecule has 2 rings (SSSR count). The van der Waals surface area contributed by atoms with Crippen LogP contribution in [-0.4, -0.2) is 40.7 Å². The molecule has 0 aliphatic rings. The van der Waals surface area contributed by atoms with Gasteiger partial charge in [-0.15, -0.1) is 0 Å². The quantitative estimate of drug-likeness (QED) is 0.632. The number of ether oxygens (including phenoxy) is 2. The van der Waals surface area contributed by atoms with Crippen molar-refractivity contribution in [1.29, 1.82) is 0 Å². The fourth-order valence-corrected chi connectivity index (χ4v) is 3.96. The molecule has 8 heteroatoms. The van der Waals surface area contributed by atoms with Gasteiger partial charge < -0.3 is 14.8 Å². The van der Waals surface area contributed by atoms with E-state index in [9.17, 15) is 13.2 Å². The van der Waals surface area contributed by atoms with Gasteiger partial charge in [-0.2, -0.15) is 0 Å². The Kier molecular flexibility index (Phi) is 8.00. The molecule has 0 aromatic heterocycles. The maximum atomic E-state index is 12.3. The minimum Gasteiger partial charge on any atom is -0.484 e. The second kappa shape index (κ2) is 10.1. The van der Waals surface area contributed by atoms with Gasteiger partial charge in [-0.25, -0.2) is 13.1 Å². The lowest BCUT2D eigenvalue weighted by Crippen LogP contribution is -2.35. The molecule has 2 aromatic carbocycles. The Morgan fingerprint density at radius 3 is 2.37 bits per heavy atom. The minimum absolute atomic E-state index is 0.0140. The maximum absolute atomic E-state index is 12.3. The van der Waals surface area contributed by atoms with Crippen molar-refractivity contribution in [2.75, 3.05) is 25.6 Å². The molecule has 30 heavy (non-hydrogen) atoms. The smallest absolute Gasteiger partial charge is 0.262 e. The Bertz CT molecular complexity index is 950. The molecular formula is C22H30N2O5S. The molecule has 0 spiro atoms. The molecule has 0 saturated heterocycles. The second-order valence-corrected chi connectivity index (χ2v) is 9.83. The maximum Gasteiger partial charge on any atom is 0.262 e. The molecule has 0 aliphatic heterocycles. The highest BCUT2D eigenvalue weighted by atomic mass is 32.2. The van der Waals surface area contributed by atoms with Crippen LogP contribution in [0.2, 0.25) is 0 Å². The van der Waals surface area contributed by atoms with Gasteiger partial charge in [0, 0.05) is 18.8 Å². The number of benzene rings is 2. The highest BCUT2D eigenvalue weighted by Gasteiger charge is 2.17. The van der Waals surface area contributed by atoms with E-state index in [0.29, 0.717) is 11.4 Å². The zero-order chi connectivity index (χ0) is 22.4. The summed E-state index contributed by atoms with van der Waals surface area (Å²) in [6.45, 7) is 8.16. The van der Waals surface area contributed by atoms with Gasteiger partial charge in [-0.3, -0.25) is 4.79 Å². The molecule has 164 valence electrons. The zero-order valence-electron chi connectivity index (χ0n) is 18.1. The topological polar surface area (TPSA) is 93.7 Å². The van der Waals surface area contributed by atoms with Crippen LogP contribution in [0.5, 0.6) is 5.75 Å². The number of carbonyl (C=O) groups excluding carboxylic acids is 1. The van der Waals surface area contributed by atoms with Crippen LogP contribution in [0.25, 0.3) is 0 Å². The first-order valence-corrected chi connectivity index (χ1v) is 11.1. The summed E-state index contributed by atoms with van der Waals surface area (Å²) in [6, 6.07) is 13.2. The number of nitrogens with one attached hydrogen (secondary N) is 2. The van der Waals surface area contributed by atoms with Crippen molar-refractivity contribution >= 4 is 21.6 Å². The van der Waals surface area contributed by atoms with Gasteiger partial charge in [0.15, 0.2) is 6.61 Å². The van der Waals surface area contributed by atoms with Crippen molar-refractivity contribution in [3.63, 3.8) is 0 Å². The summed E-state index contributed by atoms with van der Waals surface area (Å²) in [4.78, 5) is 12.3. The van der Waals surface area contributed by atoms with Crippen LogP contribution in [0.1, 0.15) is 33.3 Å². The number of sulfonamides is 1. The molecule has 0 aliphatic carbocycles. The molecule has 0 fully saturated rings. The first-order chi connectivity index (χ1) is 14.0. The zero-order valence-corrected chi connectivity index (χ0v) is 18.9. The molecule has 0 heterocycles. The van der Waals surface area contributed by atoms with Crippen LogP contribution in [-0.2, 0) is 25.0 Å². The van der Waals surface area contributed by atoms with Crippen molar-refractivity contribution < 1.29 is 22.7 Å². The van der Waals surface area contributed by atoms with Crippen LogP contribution in [0.4, 0.5) is 5.69 Å². The third-order valence-electron chi connectivity index (χ3n) is 4.29. The minimum atomic E-state index is -3.66. The Hall–Kier alpha value is -2.42. The van der Waals surface area contributed by atoms with E-state index in [0.717, 1.165) is 5.56 Å². The van der Waals surface area contributed by atoms with Gasteiger partial charge in [0.1, 0.15) is 5.75 Å². The molecular weight excluding hydrogens is 404 g/mol. The third-order valence-corrected chi connectivity index (χ3v) is 5.90. The van der Waals surface area contributed by atoms with E-state index >= 15 is 0 Å². The van der Waals surface area contributed by atoms with Gasteiger partial charge in [0.2, 0.25) is 10.0 Å². The Morgan fingerprint density at radius 1 is 1.10 bits per heavy atom. The number of carbonyl (C=O) groups is 1. The fraction of sp³-hybridized carbons (Fsp3) is 0.409. The van der Waals surface area contributed by atoms with Crippen molar-refractivity contribution in [1.82, 2.24) is 4.72 Å². The molecule has 0 saturated carbocycles. The summed E-state index contributed by atoms with van der Waals surface area (Å²) in [5.74, 6) is 0.286. The van der Waals surface area contributed by atoms with Crippen LogP contribution in [0.15, 0.2) is 53.4 Å². The first-order valence-electron chi connectivity index (χ1n) is 9.66. The molecule has 0 bridgehead atoms. The predicted octanol–water partition coefficient (Wildman–Crippen LogP) is 3.31. The monoisotopic (exact) mass is 434 g/mol. The number of hydrogen-bond acceptors (Lipinski definition) is 5. The van der Waals surface area contributed by atoms with Crippen molar-refractivity contribution in [2.45, 2.75) is 44.0 Å². The lowest BCUT2D eigenvalue weighted by molar-refractivity contribution is -0.118. The van der Waals surface area contributed by atoms with E-state index in [1.165, 1.54) is 31.4 Å². The lowest BCUT2D eigenvalue weighted by atomic mass is 9.87. The van der Waals surface area contributed by atoms with Crippen molar-refractivity contribution in [3.8, 4) is 5.75 Å². The summed E-state index contributed by atoms with van der Waals surface area (Å²) >= 11 is 0. The summed E-state index contributed by atoms with van der Waals surface area (Å²) in [7, 11) is -2.15. The van der Waals surface area contributed by atoms with Gasteiger partial charge in [-0.05, 0) is 54.3 Å². The van der Waals surface area contributed by atoms with E-state index in [4.69, 9.17) is 9.47 Å². The van der Waals surface area contributed by atoms with Crippen molar-refractivity contribution in [2.24, 2.45) is 0 Å². The molecule has 0 radical (unpaired) electrons. The van der Waals surface area contributed by atoms with E-state index in [2.05, 4.69) is 30.8 Å². The summed E-state index contributed by atoms with van der Waals surface area (Å²) in [5, 5.41) is 2.70. The number of anilines is 1. The number of amides is 1. The summed E-state index contributed by atoms with van der Waals surface area (Å²) in [5.41, 5.74) is 1.58. The molecule has 2 aromatic rings. The van der Waals surface area contributed by atoms with Crippen LogP contribution >= 0.6 is 0 Å². The fourth-order valence-electron chi connectivity index (χ4n) is 2.73. The van der Waals surface area contributed by atoms with E-state index in [-0.39, 0.29) is 35.5 Å². The first kappa shape index (κ1) is 23.9. The second-order valence-electron chi connectivity index (χ2n) is 8.12. The molecule has 1 atom stereocenters. The largest absolute Gasteiger partial charge is 0.484 e. The molecule has 7 nitrogen and oxygen atoms in total. The van der Waals surface area contributed by atoms with E-state index in [1.807, 2.05) is 18.2 Å². The normalized spacial score (nSPS) is 13.0. The van der Waals surface area contributed by atoms with Crippen LogP contribution in [0, 0.1) is 0 Å². The average Bonchev–Trinajstić information content (AvgIpc) is 2.66. The summed E-state index contributed by atoms with van der Waals surface area (Å²) in [6.07, 6.45) is 0. The molecule has 2 N–H and O–H groups in total. The average molecular weight is 435 g/mol. The Labute approximate surface area is 178 Å². The Morgan fingerprint density at radius 2 is 1.77 bits per heavy atom. The van der Waals surface area contributed by atoms with Gasteiger partial charge >= 0.3 is 0 Å². The number of methoxy groups -OCH3 is 1. The third kappa shape index (κ3) is 7.12. The van der Waals surface area contributed by atoms with Crippen LogP contribution in [0.3, 0.4) is 0 Å². The molecule has 1 amide bonds. The SMILES string of the molecule is COC[C@H](C)NS(=O)(=O)c1ccc(NC(=O)COc2cccc(C(C)(C)C)c2)cc1. The number of hydrogen-bond donors (Lipinski definition) is 2. The van der Waals surface area contributed by atoms with Gasteiger partial charge in [0.05, 0.1) is 11.5 Å². The van der Waals surface area contributed by atoms with Gasteiger partial charge in [-0.1, -0.05) is 32.9 Å². The highest BCUT2D eigenvalue weighted by Crippen LogP contribution is 2.25. The van der Waals surface area contributed by atoms with Gasteiger partial charge in [0.25, 0.3) is 5.91 Å². The summed E-state index contributed by atoms with van der Waals surface area (Å²) < 4.78 is 37.7. The number of rotatable bonds is 9. The molecule has 0 unspecified atom stereocenters. The van der Waals surface area contributed by atoms with E-state index < -0.39 is 10.0 Å². The van der Waals surface area contributed by atoms with Crippen molar-refractivity contribution in [3.05, 3.63) is 54.1 Å². The predicted molar refractivity (Wildman–Crippen MR) is 117 cm³/mol. The lowest BCUT2D eigenvalue weighted by Gasteiger charge is -2.19. The Balaban J connectivity index is 1.93. The van der Waals surface area contributed by atoms with E-state index in [1.54, 1.807) is 13.0 Å².